The van der Waals surface area contributed by atoms with E-state index >= 15 is 0 Å². The second kappa shape index (κ2) is 8.31. The molecule has 0 spiro atoms. The number of benzene rings is 1. The average molecular weight is 374 g/mol. The Kier molecular flexibility index (Phi) is 5.88. The van der Waals surface area contributed by atoms with Crippen LogP contribution in [-0.2, 0) is 4.79 Å². The van der Waals surface area contributed by atoms with Crippen molar-refractivity contribution in [3.8, 4) is 16.3 Å². The van der Waals surface area contributed by atoms with Gasteiger partial charge in [-0.25, -0.2) is 4.98 Å². The highest BCUT2D eigenvalue weighted by atomic mass is 32.1. The van der Waals surface area contributed by atoms with E-state index in [1.54, 1.807) is 17.4 Å². The van der Waals surface area contributed by atoms with Gasteiger partial charge in [0.25, 0.3) is 5.91 Å². The number of carboxylic acid groups (broad SMARTS) is 1. The Morgan fingerprint density at radius 1 is 1.38 bits per heavy atom. The van der Waals surface area contributed by atoms with Crippen LogP contribution in [0.1, 0.15) is 36.2 Å². The number of aliphatic carboxylic acids is 1. The number of methoxy groups -OCH3 is 1. The van der Waals surface area contributed by atoms with Gasteiger partial charge in [-0.3, -0.25) is 9.59 Å². The fourth-order valence-electron chi connectivity index (χ4n) is 3.29. The van der Waals surface area contributed by atoms with Crippen LogP contribution in [0.25, 0.3) is 10.6 Å². The molecule has 0 saturated carbocycles. The molecule has 0 aliphatic carbocycles. The summed E-state index contributed by atoms with van der Waals surface area (Å²) in [6.07, 6.45) is 2.64. The van der Waals surface area contributed by atoms with Gasteiger partial charge in [0.2, 0.25) is 0 Å². The predicted molar refractivity (Wildman–Crippen MR) is 99.6 cm³/mol. The van der Waals surface area contributed by atoms with Crippen molar-refractivity contribution in [3.05, 3.63) is 35.3 Å². The first-order valence-electron chi connectivity index (χ1n) is 8.68. The minimum absolute atomic E-state index is 0.0811. The van der Waals surface area contributed by atoms with Crippen LogP contribution in [0.15, 0.2) is 29.6 Å². The number of carbonyl (C=O) groups is 2. The number of rotatable bonds is 6. The topological polar surface area (TPSA) is 79.7 Å². The Bertz CT molecular complexity index is 789. The Hall–Kier alpha value is -2.41. The molecule has 7 heteroatoms. The number of hydrogen-bond donors (Lipinski definition) is 1. The van der Waals surface area contributed by atoms with Gasteiger partial charge in [0, 0.05) is 24.9 Å². The van der Waals surface area contributed by atoms with Crippen LogP contribution in [0.3, 0.4) is 0 Å². The van der Waals surface area contributed by atoms with E-state index in [-0.39, 0.29) is 18.2 Å². The first kappa shape index (κ1) is 18.4. The third-order valence-corrected chi connectivity index (χ3v) is 5.51. The van der Waals surface area contributed by atoms with Crippen molar-refractivity contribution in [1.29, 1.82) is 0 Å². The molecule has 1 aromatic heterocycles. The van der Waals surface area contributed by atoms with E-state index in [0.717, 1.165) is 29.2 Å². The number of thiazole rings is 1. The zero-order valence-electron chi connectivity index (χ0n) is 14.7. The maximum absolute atomic E-state index is 12.8. The fraction of sp³-hybridized carbons (Fsp3) is 0.421. The maximum Gasteiger partial charge on any atom is 0.303 e. The van der Waals surface area contributed by atoms with Crippen LogP contribution in [0, 0.1) is 5.92 Å². The van der Waals surface area contributed by atoms with Crippen molar-refractivity contribution >= 4 is 23.2 Å². The van der Waals surface area contributed by atoms with Gasteiger partial charge in [-0.05, 0) is 37.3 Å². The third kappa shape index (κ3) is 4.22. The molecule has 1 N–H and O–H groups in total. The summed E-state index contributed by atoms with van der Waals surface area (Å²) in [5, 5.41) is 11.4. The summed E-state index contributed by atoms with van der Waals surface area (Å²) in [6.45, 7) is 1.30. The number of nitrogens with zero attached hydrogens (tertiary/aromatic N) is 2. The molecule has 1 aromatic carbocycles. The SMILES string of the molecule is COc1ccccc1-c1nc(C(=O)N2CCC[C@H](CCC(=O)O)C2)cs1. The summed E-state index contributed by atoms with van der Waals surface area (Å²) in [5.74, 6) is 0.112. The number of para-hydroxylation sites is 1. The van der Waals surface area contributed by atoms with Crippen LogP contribution in [-0.4, -0.2) is 47.1 Å². The lowest BCUT2D eigenvalue weighted by atomic mass is 9.93. The maximum atomic E-state index is 12.8. The van der Waals surface area contributed by atoms with Gasteiger partial charge in [-0.2, -0.15) is 0 Å². The molecule has 1 aliphatic rings. The number of carbonyl (C=O) groups excluding carboxylic acids is 1. The molecule has 3 rings (SSSR count). The highest BCUT2D eigenvalue weighted by Gasteiger charge is 2.26. The first-order valence-corrected chi connectivity index (χ1v) is 9.56. The van der Waals surface area contributed by atoms with E-state index in [4.69, 9.17) is 9.84 Å². The summed E-state index contributed by atoms with van der Waals surface area (Å²) in [7, 11) is 1.61. The minimum atomic E-state index is -0.783. The van der Waals surface area contributed by atoms with Gasteiger partial charge in [0.15, 0.2) is 0 Å². The number of likely N-dealkylation sites (tertiary alicyclic amines) is 1. The summed E-state index contributed by atoms with van der Waals surface area (Å²) in [4.78, 5) is 29.9. The van der Waals surface area contributed by atoms with Gasteiger partial charge in [-0.1, -0.05) is 12.1 Å². The van der Waals surface area contributed by atoms with E-state index in [2.05, 4.69) is 4.98 Å². The molecule has 1 fully saturated rings. The van der Waals surface area contributed by atoms with Gasteiger partial charge < -0.3 is 14.7 Å². The van der Waals surface area contributed by atoms with Crippen LogP contribution in [0.5, 0.6) is 5.75 Å². The monoisotopic (exact) mass is 374 g/mol. The second-order valence-electron chi connectivity index (χ2n) is 6.43. The van der Waals surface area contributed by atoms with Crippen molar-refractivity contribution in [3.63, 3.8) is 0 Å². The van der Waals surface area contributed by atoms with Crippen LogP contribution in [0.2, 0.25) is 0 Å². The Labute approximate surface area is 156 Å². The van der Waals surface area contributed by atoms with E-state index < -0.39 is 5.97 Å². The van der Waals surface area contributed by atoms with E-state index in [1.807, 2.05) is 24.3 Å². The highest BCUT2D eigenvalue weighted by molar-refractivity contribution is 7.13. The number of carboxylic acids is 1. The van der Waals surface area contributed by atoms with E-state index in [1.165, 1.54) is 11.3 Å². The van der Waals surface area contributed by atoms with Crippen LogP contribution < -0.4 is 4.74 Å². The van der Waals surface area contributed by atoms with Crippen LogP contribution in [0.4, 0.5) is 0 Å². The number of piperidine rings is 1. The molecule has 1 atom stereocenters. The third-order valence-electron chi connectivity index (χ3n) is 4.63. The van der Waals surface area contributed by atoms with Crippen molar-refractivity contribution in [2.24, 2.45) is 5.92 Å². The summed E-state index contributed by atoms with van der Waals surface area (Å²) >= 11 is 1.42. The van der Waals surface area contributed by atoms with Gasteiger partial charge >= 0.3 is 5.97 Å². The first-order chi connectivity index (χ1) is 12.6. The number of ether oxygens (including phenoxy) is 1. The zero-order valence-corrected chi connectivity index (χ0v) is 15.5. The highest BCUT2D eigenvalue weighted by Crippen LogP contribution is 2.32. The summed E-state index contributed by atoms with van der Waals surface area (Å²) in [6, 6.07) is 7.61. The van der Waals surface area contributed by atoms with E-state index in [9.17, 15) is 9.59 Å². The minimum Gasteiger partial charge on any atom is -0.496 e. The van der Waals surface area contributed by atoms with Crippen molar-refractivity contribution < 1.29 is 19.4 Å². The molecule has 6 nitrogen and oxygen atoms in total. The molecule has 0 bridgehead atoms. The average Bonchev–Trinajstić information content (AvgIpc) is 3.16. The Morgan fingerprint density at radius 2 is 2.19 bits per heavy atom. The lowest BCUT2D eigenvalue weighted by molar-refractivity contribution is -0.137. The molecule has 1 amide bonds. The smallest absolute Gasteiger partial charge is 0.303 e. The van der Waals surface area contributed by atoms with Gasteiger partial charge in [0.1, 0.15) is 16.5 Å². The van der Waals surface area contributed by atoms with Crippen LogP contribution >= 0.6 is 11.3 Å². The molecule has 1 aliphatic heterocycles. The summed E-state index contributed by atoms with van der Waals surface area (Å²) < 4.78 is 5.37. The predicted octanol–water partition coefficient (Wildman–Crippen LogP) is 3.54. The molecular weight excluding hydrogens is 352 g/mol. The number of hydrogen-bond acceptors (Lipinski definition) is 5. The lowest BCUT2D eigenvalue weighted by Gasteiger charge is -2.32. The lowest BCUT2D eigenvalue weighted by Crippen LogP contribution is -2.40. The van der Waals surface area contributed by atoms with Gasteiger partial charge in [-0.15, -0.1) is 11.3 Å². The van der Waals surface area contributed by atoms with Crippen molar-refractivity contribution in [1.82, 2.24) is 9.88 Å². The second-order valence-corrected chi connectivity index (χ2v) is 7.29. The van der Waals surface area contributed by atoms with Crippen molar-refractivity contribution in [2.45, 2.75) is 25.7 Å². The largest absolute Gasteiger partial charge is 0.496 e. The van der Waals surface area contributed by atoms with Crippen molar-refractivity contribution in [2.75, 3.05) is 20.2 Å². The molecule has 2 heterocycles. The molecule has 0 radical (unpaired) electrons. The zero-order chi connectivity index (χ0) is 18.5. The molecule has 138 valence electrons. The Morgan fingerprint density at radius 3 is 2.96 bits per heavy atom. The number of amides is 1. The Balaban J connectivity index is 1.70. The fourth-order valence-corrected chi connectivity index (χ4v) is 4.12. The summed E-state index contributed by atoms with van der Waals surface area (Å²) in [5.41, 5.74) is 1.31. The van der Waals surface area contributed by atoms with Gasteiger partial charge in [0.05, 0.1) is 12.7 Å². The number of aromatic nitrogens is 1. The molecule has 1 saturated heterocycles. The van der Waals surface area contributed by atoms with E-state index in [0.29, 0.717) is 25.2 Å². The molecule has 26 heavy (non-hydrogen) atoms. The quantitative estimate of drug-likeness (QED) is 0.837. The molecule has 2 aromatic rings. The normalized spacial score (nSPS) is 17.1. The molecule has 0 unspecified atom stereocenters. The molecular formula is C19H22N2O4S. The standard InChI is InChI=1S/C19H22N2O4S/c1-25-16-7-3-2-6-14(16)18-20-15(12-26-18)19(24)21-10-4-5-13(11-21)8-9-17(22)23/h2-3,6-7,12-13H,4-5,8-11H2,1H3,(H,22,23)/t13-/m1/s1.